The maximum atomic E-state index is 9.02. The van der Waals surface area contributed by atoms with Crippen molar-refractivity contribution in [1.29, 1.82) is 0 Å². The Morgan fingerprint density at radius 2 is 2.40 bits per heavy atom. The molecule has 0 saturated heterocycles. The van der Waals surface area contributed by atoms with E-state index < -0.39 is 0 Å². The molecule has 0 spiro atoms. The van der Waals surface area contributed by atoms with Crippen LogP contribution in [0.15, 0.2) is 12.3 Å². The predicted octanol–water partition coefficient (Wildman–Crippen LogP) is 0.815. The maximum Gasteiger partial charge on any atom is 0.0518 e. The highest BCUT2D eigenvalue weighted by molar-refractivity contribution is 5.03. The van der Waals surface area contributed by atoms with Gasteiger partial charge in [0.15, 0.2) is 0 Å². The van der Waals surface area contributed by atoms with Crippen LogP contribution in [0, 0.1) is 0 Å². The molecule has 0 atom stereocenters. The topological polar surface area (TPSA) is 50.1 Å². The number of aliphatic hydroxyl groups is 1. The van der Waals surface area contributed by atoms with Crippen LogP contribution < -0.4 is 5.32 Å². The van der Waals surface area contributed by atoms with Gasteiger partial charge in [0.05, 0.1) is 5.69 Å². The van der Waals surface area contributed by atoms with Crippen LogP contribution in [0.4, 0.5) is 0 Å². The molecular formula is C11H19N3O. The van der Waals surface area contributed by atoms with Crippen molar-refractivity contribution < 1.29 is 5.11 Å². The van der Waals surface area contributed by atoms with E-state index in [1.807, 2.05) is 24.0 Å². The smallest absolute Gasteiger partial charge is 0.0518 e. The second-order valence-electron chi connectivity index (χ2n) is 4.41. The molecule has 2 N–H and O–H groups in total. The Hall–Kier alpha value is -0.870. The summed E-state index contributed by atoms with van der Waals surface area (Å²) in [6.45, 7) is 1.12. The molecule has 0 aliphatic heterocycles. The molecule has 0 bridgehead atoms. The van der Waals surface area contributed by atoms with Gasteiger partial charge in [-0.25, -0.2) is 0 Å². The first-order valence-electron chi connectivity index (χ1n) is 5.59. The molecule has 1 aromatic heterocycles. The van der Waals surface area contributed by atoms with E-state index in [4.69, 9.17) is 5.11 Å². The third-order valence-corrected chi connectivity index (χ3v) is 3.47. The van der Waals surface area contributed by atoms with Crippen LogP contribution >= 0.6 is 0 Å². The molecule has 1 aliphatic carbocycles. The van der Waals surface area contributed by atoms with E-state index in [9.17, 15) is 0 Å². The van der Waals surface area contributed by atoms with Crippen molar-refractivity contribution >= 4 is 0 Å². The molecule has 84 valence electrons. The molecule has 1 aromatic rings. The third-order valence-electron chi connectivity index (χ3n) is 3.47. The molecule has 1 aliphatic rings. The molecule has 1 fully saturated rings. The lowest BCUT2D eigenvalue weighted by atomic mass is 9.74. The van der Waals surface area contributed by atoms with Crippen LogP contribution in [0.2, 0.25) is 0 Å². The number of rotatable bonds is 5. The summed E-state index contributed by atoms with van der Waals surface area (Å²) in [5, 5.41) is 16.7. The lowest BCUT2D eigenvalue weighted by Gasteiger charge is -2.42. The Bertz CT molecular complexity index is 317. The van der Waals surface area contributed by atoms with Crippen molar-refractivity contribution in [3.63, 3.8) is 0 Å². The van der Waals surface area contributed by atoms with Gasteiger partial charge in [0.2, 0.25) is 0 Å². The molecule has 0 radical (unpaired) electrons. The average Bonchev–Trinajstić information content (AvgIpc) is 2.56. The standard InChI is InChI=1S/C11H19N3O/c1-14-10(3-7-13-14)9-12-11(6-8-15)4-2-5-11/h3,7,12,15H,2,4-6,8-9H2,1H3. The van der Waals surface area contributed by atoms with Crippen LogP contribution in [0.5, 0.6) is 0 Å². The highest BCUT2D eigenvalue weighted by Gasteiger charge is 2.35. The van der Waals surface area contributed by atoms with Crippen molar-refractivity contribution in [2.24, 2.45) is 7.05 Å². The van der Waals surface area contributed by atoms with Gasteiger partial charge in [0.1, 0.15) is 0 Å². The summed E-state index contributed by atoms with van der Waals surface area (Å²) >= 11 is 0. The first-order valence-corrected chi connectivity index (χ1v) is 5.59. The average molecular weight is 209 g/mol. The molecule has 0 unspecified atom stereocenters. The van der Waals surface area contributed by atoms with Crippen molar-refractivity contribution in [1.82, 2.24) is 15.1 Å². The fourth-order valence-electron chi connectivity index (χ4n) is 2.19. The normalized spacial score (nSPS) is 18.8. The van der Waals surface area contributed by atoms with Gasteiger partial charge in [-0.1, -0.05) is 0 Å². The Morgan fingerprint density at radius 3 is 2.87 bits per heavy atom. The van der Waals surface area contributed by atoms with Crippen molar-refractivity contribution in [3.8, 4) is 0 Å². The van der Waals surface area contributed by atoms with Gasteiger partial charge in [-0.15, -0.1) is 0 Å². The zero-order valence-corrected chi connectivity index (χ0v) is 9.24. The molecular weight excluding hydrogens is 190 g/mol. The van der Waals surface area contributed by atoms with Crippen LogP contribution in [0.1, 0.15) is 31.4 Å². The van der Waals surface area contributed by atoms with Gasteiger partial charge in [0.25, 0.3) is 0 Å². The zero-order valence-electron chi connectivity index (χ0n) is 9.24. The van der Waals surface area contributed by atoms with E-state index in [0.29, 0.717) is 0 Å². The zero-order chi connectivity index (χ0) is 10.7. The first kappa shape index (κ1) is 10.6. The molecule has 15 heavy (non-hydrogen) atoms. The molecule has 0 aromatic carbocycles. The summed E-state index contributed by atoms with van der Waals surface area (Å²) in [6.07, 6.45) is 6.33. The molecule has 2 rings (SSSR count). The molecule has 4 heteroatoms. The predicted molar refractivity (Wildman–Crippen MR) is 58.3 cm³/mol. The Morgan fingerprint density at radius 1 is 1.60 bits per heavy atom. The van der Waals surface area contributed by atoms with E-state index in [0.717, 1.165) is 13.0 Å². The van der Waals surface area contributed by atoms with E-state index in [2.05, 4.69) is 10.4 Å². The number of hydrogen-bond acceptors (Lipinski definition) is 3. The molecule has 0 amide bonds. The number of nitrogens with zero attached hydrogens (tertiary/aromatic N) is 2. The minimum absolute atomic E-state index is 0.193. The fraction of sp³-hybridized carbons (Fsp3) is 0.727. The van der Waals surface area contributed by atoms with Gasteiger partial charge in [0, 0.05) is 31.9 Å². The van der Waals surface area contributed by atoms with Gasteiger partial charge >= 0.3 is 0 Å². The van der Waals surface area contributed by atoms with E-state index >= 15 is 0 Å². The van der Waals surface area contributed by atoms with Crippen LogP contribution in [0.3, 0.4) is 0 Å². The fourth-order valence-corrected chi connectivity index (χ4v) is 2.19. The number of aliphatic hydroxyl groups excluding tert-OH is 1. The van der Waals surface area contributed by atoms with Crippen LogP contribution in [-0.2, 0) is 13.6 Å². The Kier molecular flexibility index (Phi) is 3.07. The number of hydrogen-bond donors (Lipinski definition) is 2. The lowest BCUT2D eigenvalue weighted by molar-refractivity contribution is 0.129. The van der Waals surface area contributed by atoms with E-state index in [-0.39, 0.29) is 12.1 Å². The minimum atomic E-state index is 0.193. The second-order valence-corrected chi connectivity index (χ2v) is 4.41. The Labute approximate surface area is 90.3 Å². The highest BCUT2D eigenvalue weighted by atomic mass is 16.3. The summed E-state index contributed by atoms with van der Waals surface area (Å²) in [7, 11) is 1.95. The Balaban J connectivity index is 1.89. The first-order chi connectivity index (χ1) is 7.26. The van der Waals surface area contributed by atoms with Gasteiger partial charge in [-0.2, -0.15) is 5.10 Å². The summed E-state index contributed by atoms with van der Waals surface area (Å²) in [6, 6.07) is 2.03. The van der Waals surface area contributed by atoms with Crippen molar-refractivity contribution in [2.45, 2.75) is 37.8 Å². The molecule has 1 heterocycles. The van der Waals surface area contributed by atoms with E-state index in [1.54, 1.807) is 0 Å². The maximum absolute atomic E-state index is 9.02. The van der Waals surface area contributed by atoms with Gasteiger partial charge < -0.3 is 10.4 Å². The summed E-state index contributed by atoms with van der Waals surface area (Å²) in [5.41, 5.74) is 1.39. The monoisotopic (exact) mass is 209 g/mol. The summed E-state index contributed by atoms with van der Waals surface area (Å²) in [5.74, 6) is 0. The molecule has 1 saturated carbocycles. The number of nitrogens with one attached hydrogen (secondary N) is 1. The second kappa shape index (κ2) is 4.33. The van der Waals surface area contributed by atoms with Gasteiger partial charge in [-0.05, 0) is 31.7 Å². The van der Waals surface area contributed by atoms with E-state index in [1.165, 1.54) is 25.0 Å². The molecule has 4 nitrogen and oxygen atoms in total. The lowest BCUT2D eigenvalue weighted by Crippen LogP contribution is -2.51. The number of aryl methyl sites for hydroxylation is 1. The van der Waals surface area contributed by atoms with Crippen molar-refractivity contribution in [2.75, 3.05) is 6.61 Å². The highest BCUT2D eigenvalue weighted by Crippen LogP contribution is 2.34. The third kappa shape index (κ3) is 2.21. The number of aromatic nitrogens is 2. The van der Waals surface area contributed by atoms with Crippen LogP contribution in [0.25, 0.3) is 0 Å². The van der Waals surface area contributed by atoms with Crippen molar-refractivity contribution in [3.05, 3.63) is 18.0 Å². The SMILES string of the molecule is Cn1nccc1CNC1(CCO)CCC1. The van der Waals surface area contributed by atoms with Gasteiger partial charge in [-0.3, -0.25) is 4.68 Å². The summed E-state index contributed by atoms with van der Waals surface area (Å²) < 4.78 is 1.89. The van der Waals surface area contributed by atoms with Crippen LogP contribution in [-0.4, -0.2) is 27.0 Å². The quantitative estimate of drug-likeness (QED) is 0.754. The minimum Gasteiger partial charge on any atom is -0.396 e. The largest absolute Gasteiger partial charge is 0.396 e. The summed E-state index contributed by atoms with van der Waals surface area (Å²) in [4.78, 5) is 0.